The lowest BCUT2D eigenvalue weighted by Crippen LogP contribution is -2.43. The number of ether oxygens (including phenoxy) is 2. The van der Waals surface area contributed by atoms with Gasteiger partial charge in [0, 0.05) is 6.20 Å². The third-order valence-corrected chi connectivity index (χ3v) is 2.23. The number of carbonyl (C=O) groups is 3. The highest BCUT2D eigenvalue weighted by molar-refractivity contribution is 5.96. The van der Waals surface area contributed by atoms with Crippen molar-refractivity contribution in [3.05, 3.63) is 24.0 Å². The Hall–Kier alpha value is -2.31. The molecule has 0 saturated heterocycles. The number of aromatic nitrogens is 1. The number of methoxy groups -OCH3 is 2. The number of amides is 1. The molecule has 1 amide bonds. The highest BCUT2D eigenvalue weighted by Crippen LogP contribution is 2.01. The lowest BCUT2D eigenvalue weighted by Gasteiger charge is -2.14. The van der Waals surface area contributed by atoms with Crippen LogP contribution in [0.15, 0.2) is 18.3 Å². The largest absolute Gasteiger partial charge is 0.469 e. The molecule has 7 heteroatoms. The van der Waals surface area contributed by atoms with Crippen molar-refractivity contribution in [3.63, 3.8) is 0 Å². The first-order chi connectivity index (χ1) is 8.58. The summed E-state index contributed by atoms with van der Waals surface area (Å²) in [6, 6.07) is 2.11. The molecule has 0 aromatic carbocycles. The number of carbonyl (C=O) groups excluding carboxylic acids is 3. The van der Waals surface area contributed by atoms with Crippen LogP contribution in [-0.4, -0.2) is 43.1 Å². The predicted octanol–water partition coefficient (Wildman–Crippen LogP) is -0.151. The molecule has 1 aromatic rings. The van der Waals surface area contributed by atoms with E-state index in [1.165, 1.54) is 14.2 Å². The summed E-state index contributed by atoms with van der Waals surface area (Å²) in [5.74, 6) is -1.82. The van der Waals surface area contributed by atoms with Crippen molar-refractivity contribution in [1.29, 1.82) is 0 Å². The Morgan fingerprint density at radius 3 is 2.56 bits per heavy atom. The third kappa shape index (κ3) is 3.62. The summed E-state index contributed by atoms with van der Waals surface area (Å²) < 4.78 is 8.95. The summed E-state index contributed by atoms with van der Waals surface area (Å²) in [6.45, 7) is 0. The average Bonchev–Trinajstić information content (AvgIpc) is 2.90. The van der Waals surface area contributed by atoms with Crippen molar-refractivity contribution in [2.45, 2.75) is 12.5 Å². The van der Waals surface area contributed by atoms with E-state index in [-0.39, 0.29) is 12.1 Å². The first kappa shape index (κ1) is 13.8. The van der Waals surface area contributed by atoms with E-state index in [0.717, 1.165) is 0 Å². The van der Waals surface area contributed by atoms with Crippen LogP contribution < -0.4 is 5.32 Å². The van der Waals surface area contributed by atoms with E-state index < -0.39 is 23.9 Å². The zero-order valence-electron chi connectivity index (χ0n) is 10.1. The minimum atomic E-state index is -1.07. The van der Waals surface area contributed by atoms with Gasteiger partial charge in [-0.3, -0.25) is 9.59 Å². The van der Waals surface area contributed by atoms with Gasteiger partial charge in [-0.2, -0.15) is 0 Å². The zero-order chi connectivity index (χ0) is 13.5. The Morgan fingerprint density at radius 1 is 1.33 bits per heavy atom. The number of nitrogens with one attached hydrogen (secondary N) is 2. The smallest absolute Gasteiger partial charge is 0.328 e. The van der Waals surface area contributed by atoms with Crippen LogP contribution in [0, 0.1) is 0 Å². The van der Waals surface area contributed by atoms with E-state index in [1.54, 1.807) is 18.3 Å². The molecule has 0 spiro atoms. The molecule has 0 bridgehead atoms. The summed E-state index contributed by atoms with van der Waals surface area (Å²) in [5.41, 5.74) is 0.286. The first-order valence-electron chi connectivity index (χ1n) is 5.17. The minimum absolute atomic E-state index is 0.282. The molecule has 0 aliphatic carbocycles. The second-order valence-electron chi connectivity index (χ2n) is 3.41. The molecular formula is C11H14N2O5. The fourth-order valence-electron chi connectivity index (χ4n) is 1.29. The van der Waals surface area contributed by atoms with E-state index in [2.05, 4.69) is 19.8 Å². The van der Waals surface area contributed by atoms with E-state index in [0.29, 0.717) is 0 Å². The highest BCUT2D eigenvalue weighted by atomic mass is 16.5. The van der Waals surface area contributed by atoms with Crippen LogP contribution in [0.2, 0.25) is 0 Å². The SMILES string of the molecule is COC(=O)C[C@@H](NC(=O)c1ccc[nH]1)C(=O)OC. The molecule has 18 heavy (non-hydrogen) atoms. The summed E-state index contributed by atoms with van der Waals surface area (Å²) >= 11 is 0. The quantitative estimate of drug-likeness (QED) is 0.712. The molecule has 0 unspecified atom stereocenters. The fourth-order valence-corrected chi connectivity index (χ4v) is 1.29. The maximum absolute atomic E-state index is 11.7. The van der Waals surface area contributed by atoms with Gasteiger partial charge < -0.3 is 19.8 Å². The minimum Gasteiger partial charge on any atom is -0.469 e. The average molecular weight is 254 g/mol. The van der Waals surface area contributed by atoms with Gasteiger partial charge in [0.15, 0.2) is 0 Å². The number of aromatic amines is 1. The second-order valence-corrected chi connectivity index (χ2v) is 3.41. The zero-order valence-corrected chi connectivity index (χ0v) is 10.1. The molecule has 0 aliphatic heterocycles. The lowest BCUT2D eigenvalue weighted by atomic mass is 10.2. The van der Waals surface area contributed by atoms with Crippen molar-refractivity contribution in [1.82, 2.24) is 10.3 Å². The van der Waals surface area contributed by atoms with Crippen LogP contribution in [0.4, 0.5) is 0 Å². The van der Waals surface area contributed by atoms with Gasteiger partial charge in [-0.25, -0.2) is 4.79 Å². The van der Waals surface area contributed by atoms with Crippen LogP contribution in [0.25, 0.3) is 0 Å². The first-order valence-corrected chi connectivity index (χ1v) is 5.17. The van der Waals surface area contributed by atoms with E-state index in [1.807, 2.05) is 0 Å². The van der Waals surface area contributed by atoms with E-state index in [4.69, 9.17) is 0 Å². The Morgan fingerprint density at radius 2 is 2.06 bits per heavy atom. The van der Waals surface area contributed by atoms with Gasteiger partial charge >= 0.3 is 11.9 Å². The Kier molecular flexibility index (Phi) is 4.91. The van der Waals surface area contributed by atoms with Gasteiger partial charge in [-0.15, -0.1) is 0 Å². The van der Waals surface area contributed by atoms with Crippen LogP contribution in [0.1, 0.15) is 16.9 Å². The third-order valence-electron chi connectivity index (χ3n) is 2.23. The maximum atomic E-state index is 11.7. The van der Waals surface area contributed by atoms with Crippen molar-refractivity contribution in [2.75, 3.05) is 14.2 Å². The van der Waals surface area contributed by atoms with E-state index >= 15 is 0 Å². The Bertz CT molecular complexity index is 427. The van der Waals surface area contributed by atoms with Crippen LogP contribution in [-0.2, 0) is 19.1 Å². The number of H-pyrrole nitrogens is 1. The van der Waals surface area contributed by atoms with E-state index in [9.17, 15) is 14.4 Å². The summed E-state index contributed by atoms with van der Waals surface area (Å²) in [5, 5.41) is 2.39. The van der Waals surface area contributed by atoms with Crippen molar-refractivity contribution in [3.8, 4) is 0 Å². The van der Waals surface area contributed by atoms with Gasteiger partial charge in [0.2, 0.25) is 0 Å². The van der Waals surface area contributed by atoms with Gasteiger partial charge in [0.25, 0.3) is 5.91 Å². The van der Waals surface area contributed by atoms with Gasteiger partial charge in [-0.05, 0) is 12.1 Å². The van der Waals surface area contributed by atoms with Crippen LogP contribution >= 0.6 is 0 Å². The normalized spacial score (nSPS) is 11.4. The summed E-state index contributed by atoms with van der Waals surface area (Å²) in [4.78, 5) is 36.9. The molecule has 0 aliphatic rings. The number of esters is 2. The topological polar surface area (TPSA) is 97.5 Å². The summed E-state index contributed by atoms with van der Waals surface area (Å²) in [7, 11) is 2.37. The van der Waals surface area contributed by atoms with Gasteiger partial charge in [0.1, 0.15) is 11.7 Å². The Balaban J connectivity index is 2.69. The van der Waals surface area contributed by atoms with Crippen LogP contribution in [0.3, 0.4) is 0 Å². The van der Waals surface area contributed by atoms with Crippen molar-refractivity contribution in [2.24, 2.45) is 0 Å². The molecule has 1 rings (SSSR count). The molecule has 1 aromatic heterocycles. The monoisotopic (exact) mass is 254 g/mol. The molecule has 1 atom stereocenters. The molecule has 0 saturated carbocycles. The lowest BCUT2D eigenvalue weighted by molar-refractivity contribution is -0.149. The summed E-state index contributed by atoms with van der Waals surface area (Å²) in [6.07, 6.45) is 1.29. The van der Waals surface area contributed by atoms with Crippen LogP contribution in [0.5, 0.6) is 0 Å². The van der Waals surface area contributed by atoms with Crippen molar-refractivity contribution >= 4 is 17.8 Å². The number of hydrogen-bond donors (Lipinski definition) is 2. The molecule has 98 valence electrons. The predicted molar refractivity (Wildman–Crippen MR) is 60.7 cm³/mol. The molecular weight excluding hydrogens is 240 g/mol. The van der Waals surface area contributed by atoms with Crippen molar-refractivity contribution < 1.29 is 23.9 Å². The molecule has 2 N–H and O–H groups in total. The molecule has 7 nitrogen and oxygen atoms in total. The second kappa shape index (κ2) is 6.43. The van der Waals surface area contributed by atoms with Gasteiger partial charge in [0.05, 0.1) is 20.6 Å². The number of rotatable bonds is 5. The molecule has 0 radical (unpaired) electrons. The maximum Gasteiger partial charge on any atom is 0.328 e. The molecule has 0 fully saturated rings. The Labute approximate surface area is 103 Å². The number of hydrogen-bond acceptors (Lipinski definition) is 5. The fraction of sp³-hybridized carbons (Fsp3) is 0.364. The standard InChI is InChI=1S/C11H14N2O5/c1-17-9(14)6-8(11(16)18-2)13-10(15)7-4-3-5-12-7/h3-5,8,12H,6H2,1-2H3,(H,13,15)/t8-/m1/s1. The van der Waals surface area contributed by atoms with Gasteiger partial charge in [-0.1, -0.05) is 0 Å². The molecule has 1 heterocycles. The highest BCUT2D eigenvalue weighted by Gasteiger charge is 2.25.